The van der Waals surface area contributed by atoms with Crippen LogP contribution in [0.4, 0.5) is 0 Å². The first-order valence-electron chi connectivity index (χ1n) is 7.48. The maximum atomic E-state index is 12.9. The summed E-state index contributed by atoms with van der Waals surface area (Å²) in [4.78, 5) is 24.3. The molecule has 0 atom stereocenters. The molecule has 124 valence electrons. The Bertz CT molecular complexity index is 871. The van der Waals surface area contributed by atoms with Crippen LogP contribution in [-0.4, -0.2) is 39.2 Å². The molecule has 24 heavy (non-hydrogen) atoms. The van der Waals surface area contributed by atoms with Crippen molar-refractivity contribution in [3.05, 3.63) is 40.7 Å². The number of aromatic amines is 1. The van der Waals surface area contributed by atoms with E-state index in [2.05, 4.69) is 41.4 Å². The SMILES string of the molecule is O=C(NC1(c2ncon2)CCOCC1)c1c[nH]c2ncc(Br)cc12. The number of ether oxygens (including phenoxy) is 1. The number of hydrogen-bond acceptors (Lipinski definition) is 6. The Balaban J connectivity index is 1.69. The van der Waals surface area contributed by atoms with Crippen molar-refractivity contribution in [1.29, 1.82) is 0 Å². The zero-order chi connectivity index (χ0) is 16.6. The maximum absolute atomic E-state index is 12.9. The zero-order valence-corrected chi connectivity index (χ0v) is 14.2. The highest BCUT2D eigenvalue weighted by Crippen LogP contribution is 2.31. The summed E-state index contributed by atoms with van der Waals surface area (Å²) in [7, 11) is 0. The lowest BCUT2D eigenvalue weighted by atomic mass is 9.88. The van der Waals surface area contributed by atoms with E-state index in [1.807, 2.05) is 6.07 Å². The highest BCUT2D eigenvalue weighted by atomic mass is 79.9. The van der Waals surface area contributed by atoms with E-state index in [4.69, 9.17) is 9.26 Å². The van der Waals surface area contributed by atoms with Gasteiger partial charge in [-0.15, -0.1) is 0 Å². The monoisotopic (exact) mass is 391 g/mol. The highest BCUT2D eigenvalue weighted by molar-refractivity contribution is 9.10. The van der Waals surface area contributed by atoms with Crippen LogP contribution < -0.4 is 5.32 Å². The Morgan fingerprint density at radius 1 is 1.33 bits per heavy atom. The van der Waals surface area contributed by atoms with Crippen molar-refractivity contribution in [2.45, 2.75) is 18.4 Å². The van der Waals surface area contributed by atoms with Crippen molar-refractivity contribution in [3.63, 3.8) is 0 Å². The largest absolute Gasteiger partial charge is 0.381 e. The van der Waals surface area contributed by atoms with Crippen LogP contribution in [0.2, 0.25) is 0 Å². The normalized spacial score (nSPS) is 17.0. The van der Waals surface area contributed by atoms with Gasteiger partial charge in [0.25, 0.3) is 5.91 Å². The predicted octanol–water partition coefficient (Wildman–Crippen LogP) is 2.14. The molecule has 0 aliphatic carbocycles. The fraction of sp³-hybridized carbons (Fsp3) is 0.333. The third-order valence-corrected chi connectivity index (χ3v) is 4.66. The number of aromatic nitrogens is 4. The Morgan fingerprint density at radius 2 is 2.17 bits per heavy atom. The van der Waals surface area contributed by atoms with Crippen molar-refractivity contribution >= 4 is 32.9 Å². The molecule has 1 fully saturated rings. The molecule has 4 heterocycles. The summed E-state index contributed by atoms with van der Waals surface area (Å²) in [5, 5.41) is 7.77. The number of H-pyrrole nitrogens is 1. The number of nitrogens with one attached hydrogen (secondary N) is 2. The minimum absolute atomic E-state index is 0.215. The lowest BCUT2D eigenvalue weighted by molar-refractivity contribution is 0.0306. The molecule has 0 unspecified atom stereocenters. The average molecular weight is 392 g/mol. The van der Waals surface area contributed by atoms with Gasteiger partial charge in [0.15, 0.2) is 5.82 Å². The maximum Gasteiger partial charge on any atom is 0.254 e. The lowest BCUT2D eigenvalue weighted by Crippen LogP contribution is -2.50. The summed E-state index contributed by atoms with van der Waals surface area (Å²) in [6.07, 6.45) is 5.78. The Hall–Kier alpha value is -2.26. The third kappa shape index (κ3) is 2.59. The molecule has 8 nitrogen and oxygen atoms in total. The molecular weight excluding hydrogens is 378 g/mol. The van der Waals surface area contributed by atoms with E-state index in [-0.39, 0.29) is 5.91 Å². The van der Waals surface area contributed by atoms with Crippen LogP contribution in [0, 0.1) is 0 Å². The summed E-state index contributed by atoms with van der Waals surface area (Å²) in [5.41, 5.74) is 0.489. The van der Waals surface area contributed by atoms with Gasteiger partial charge in [0.05, 0.1) is 5.56 Å². The van der Waals surface area contributed by atoms with Gasteiger partial charge in [-0.05, 0) is 22.0 Å². The van der Waals surface area contributed by atoms with E-state index >= 15 is 0 Å². The zero-order valence-electron chi connectivity index (χ0n) is 12.6. The summed E-state index contributed by atoms with van der Waals surface area (Å²) < 4.78 is 11.1. The Morgan fingerprint density at radius 3 is 2.92 bits per heavy atom. The molecular formula is C15H14BrN5O3. The number of carbonyl (C=O) groups excluding carboxylic acids is 1. The van der Waals surface area contributed by atoms with Crippen LogP contribution in [0.15, 0.2) is 33.8 Å². The first kappa shape index (κ1) is 15.3. The predicted molar refractivity (Wildman–Crippen MR) is 87.3 cm³/mol. The molecule has 0 bridgehead atoms. The second kappa shape index (κ2) is 5.99. The molecule has 0 saturated carbocycles. The standard InChI is InChI=1S/C15H14BrN5O3/c16-9-5-10-11(7-18-12(10)17-6-9)13(22)20-15(1-3-23-4-2-15)14-19-8-24-21-14/h5-8H,1-4H2,(H,17,18)(H,20,22). The van der Waals surface area contributed by atoms with Crippen LogP contribution in [0.25, 0.3) is 11.0 Å². The number of pyridine rings is 1. The van der Waals surface area contributed by atoms with Crippen molar-refractivity contribution in [1.82, 2.24) is 25.4 Å². The smallest absolute Gasteiger partial charge is 0.254 e. The van der Waals surface area contributed by atoms with Gasteiger partial charge in [0.2, 0.25) is 6.39 Å². The second-order valence-corrected chi connectivity index (χ2v) is 6.57. The molecule has 9 heteroatoms. The molecule has 3 aromatic heterocycles. The molecule has 0 spiro atoms. The summed E-state index contributed by atoms with van der Waals surface area (Å²) in [6.45, 7) is 1.05. The van der Waals surface area contributed by atoms with Crippen LogP contribution >= 0.6 is 15.9 Å². The second-order valence-electron chi connectivity index (χ2n) is 5.66. The van der Waals surface area contributed by atoms with E-state index in [0.717, 1.165) is 9.86 Å². The van der Waals surface area contributed by atoms with Gasteiger partial charge in [-0.3, -0.25) is 4.79 Å². The van der Waals surface area contributed by atoms with E-state index in [1.165, 1.54) is 6.39 Å². The number of hydrogen-bond donors (Lipinski definition) is 2. The van der Waals surface area contributed by atoms with Crippen LogP contribution in [0.3, 0.4) is 0 Å². The van der Waals surface area contributed by atoms with Crippen LogP contribution in [0.5, 0.6) is 0 Å². The van der Waals surface area contributed by atoms with E-state index in [0.29, 0.717) is 43.1 Å². The summed E-state index contributed by atoms with van der Waals surface area (Å²) in [5.74, 6) is 0.256. The number of rotatable bonds is 3. The third-order valence-electron chi connectivity index (χ3n) is 4.23. The fourth-order valence-electron chi connectivity index (χ4n) is 2.96. The van der Waals surface area contributed by atoms with Crippen LogP contribution in [-0.2, 0) is 10.3 Å². The van der Waals surface area contributed by atoms with Crippen LogP contribution in [0.1, 0.15) is 29.0 Å². The molecule has 2 N–H and O–H groups in total. The quantitative estimate of drug-likeness (QED) is 0.708. The molecule has 1 aliphatic heterocycles. The Kier molecular flexibility index (Phi) is 3.81. The topological polar surface area (TPSA) is 106 Å². The summed E-state index contributed by atoms with van der Waals surface area (Å²) >= 11 is 3.38. The van der Waals surface area contributed by atoms with Gasteiger partial charge in [0, 0.05) is 48.3 Å². The molecule has 1 saturated heterocycles. The van der Waals surface area contributed by atoms with Gasteiger partial charge in [-0.1, -0.05) is 5.16 Å². The van der Waals surface area contributed by atoms with E-state index in [1.54, 1.807) is 12.4 Å². The number of amides is 1. The lowest BCUT2D eigenvalue weighted by Gasteiger charge is -2.35. The Labute approximate surface area is 145 Å². The highest BCUT2D eigenvalue weighted by Gasteiger charge is 2.40. The average Bonchev–Trinajstić information content (AvgIpc) is 3.25. The van der Waals surface area contributed by atoms with E-state index < -0.39 is 5.54 Å². The van der Waals surface area contributed by atoms with Gasteiger partial charge in [-0.2, -0.15) is 4.98 Å². The first-order chi connectivity index (χ1) is 11.7. The number of halogens is 1. The van der Waals surface area contributed by atoms with Gasteiger partial charge in [0.1, 0.15) is 11.2 Å². The minimum Gasteiger partial charge on any atom is -0.381 e. The molecule has 1 amide bonds. The van der Waals surface area contributed by atoms with Crippen molar-refractivity contribution < 1.29 is 14.1 Å². The molecule has 4 rings (SSSR count). The van der Waals surface area contributed by atoms with Gasteiger partial charge < -0.3 is 19.6 Å². The van der Waals surface area contributed by atoms with Gasteiger partial charge >= 0.3 is 0 Å². The number of nitrogens with zero attached hydrogens (tertiary/aromatic N) is 3. The summed E-state index contributed by atoms with van der Waals surface area (Å²) in [6, 6.07) is 1.86. The van der Waals surface area contributed by atoms with E-state index in [9.17, 15) is 4.79 Å². The minimum atomic E-state index is -0.689. The first-order valence-corrected chi connectivity index (χ1v) is 8.27. The molecule has 1 aliphatic rings. The number of carbonyl (C=O) groups is 1. The molecule has 3 aromatic rings. The molecule has 0 radical (unpaired) electrons. The van der Waals surface area contributed by atoms with Gasteiger partial charge in [-0.25, -0.2) is 4.98 Å². The van der Waals surface area contributed by atoms with Crippen molar-refractivity contribution in [2.75, 3.05) is 13.2 Å². The van der Waals surface area contributed by atoms with Crippen molar-refractivity contribution in [3.8, 4) is 0 Å². The van der Waals surface area contributed by atoms with Crippen molar-refractivity contribution in [2.24, 2.45) is 0 Å². The number of fused-ring (bicyclic) bond motifs is 1. The fourth-order valence-corrected chi connectivity index (χ4v) is 3.29. The molecule has 0 aromatic carbocycles.